The van der Waals surface area contributed by atoms with Gasteiger partial charge in [-0.1, -0.05) is 31.5 Å². The van der Waals surface area contributed by atoms with Gasteiger partial charge in [0.1, 0.15) is 0 Å². The zero-order valence-corrected chi connectivity index (χ0v) is 13.7. The van der Waals surface area contributed by atoms with E-state index in [1.807, 2.05) is 10.9 Å². The van der Waals surface area contributed by atoms with E-state index in [1.165, 1.54) is 11.3 Å². The predicted octanol–water partition coefficient (Wildman–Crippen LogP) is 3.33. The van der Waals surface area contributed by atoms with Crippen molar-refractivity contribution in [3.8, 4) is 5.69 Å². The van der Waals surface area contributed by atoms with Gasteiger partial charge in [-0.2, -0.15) is 5.10 Å². The maximum Gasteiger partial charge on any atom is 0.217 e. The van der Waals surface area contributed by atoms with Gasteiger partial charge in [0.05, 0.1) is 23.6 Å². The number of nitrogens with one attached hydrogen (secondary N) is 1. The molecular weight excluding hydrogens is 274 g/mol. The fourth-order valence-corrected chi connectivity index (χ4v) is 3.33. The minimum Gasteiger partial charge on any atom is -0.349 e. The minimum absolute atomic E-state index is 0.0109. The number of nitrogens with zero attached hydrogens (tertiary/aromatic N) is 2. The minimum atomic E-state index is 0.0109. The van der Waals surface area contributed by atoms with Crippen LogP contribution in [0.25, 0.3) is 5.69 Å². The topological polar surface area (TPSA) is 46.9 Å². The molecule has 1 aliphatic carbocycles. The van der Waals surface area contributed by atoms with Crippen LogP contribution in [0.3, 0.4) is 0 Å². The van der Waals surface area contributed by atoms with Crippen LogP contribution in [-0.4, -0.2) is 15.7 Å². The van der Waals surface area contributed by atoms with E-state index in [4.69, 9.17) is 0 Å². The molecule has 1 N–H and O–H groups in total. The number of carbonyl (C=O) groups excluding carboxylic acids is 1. The molecule has 0 saturated carbocycles. The Morgan fingerprint density at radius 2 is 2.00 bits per heavy atom. The van der Waals surface area contributed by atoms with Gasteiger partial charge in [-0.15, -0.1) is 0 Å². The van der Waals surface area contributed by atoms with Crippen LogP contribution in [0.5, 0.6) is 0 Å². The Balaban J connectivity index is 2.05. The Hall–Kier alpha value is -2.10. The van der Waals surface area contributed by atoms with Crippen LogP contribution in [0, 0.1) is 12.3 Å². The zero-order chi connectivity index (χ0) is 15.9. The third kappa shape index (κ3) is 2.78. The van der Waals surface area contributed by atoms with Gasteiger partial charge in [0.15, 0.2) is 0 Å². The molecule has 1 unspecified atom stereocenters. The van der Waals surface area contributed by atoms with Crippen LogP contribution in [-0.2, 0) is 11.2 Å². The first kappa shape index (κ1) is 14.8. The third-order valence-electron chi connectivity index (χ3n) is 4.34. The second-order valence-corrected chi connectivity index (χ2v) is 7.09. The molecule has 0 fully saturated rings. The van der Waals surface area contributed by atoms with Crippen molar-refractivity contribution in [2.45, 2.75) is 46.6 Å². The molecule has 116 valence electrons. The molecule has 1 amide bonds. The highest BCUT2D eigenvalue weighted by Gasteiger charge is 2.35. The van der Waals surface area contributed by atoms with Crippen LogP contribution >= 0.6 is 0 Å². The largest absolute Gasteiger partial charge is 0.349 e. The normalized spacial score (nSPS) is 19.5. The van der Waals surface area contributed by atoms with Crippen molar-refractivity contribution in [2.75, 3.05) is 0 Å². The highest BCUT2D eigenvalue weighted by Crippen LogP contribution is 2.41. The van der Waals surface area contributed by atoms with E-state index in [1.54, 1.807) is 6.92 Å². The lowest BCUT2D eigenvalue weighted by molar-refractivity contribution is -0.120. The van der Waals surface area contributed by atoms with E-state index < -0.39 is 0 Å². The monoisotopic (exact) mass is 297 g/mol. The molecule has 1 aliphatic rings. The highest BCUT2D eigenvalue weighted by molar-refractivity contribution is 5.73. The van der Waals surface area contributed by atoms with E-state index in [0.29, 0.717) is 0 Å². The third-order valence-corrected chi connectivity index (χ3v) is 4.34. The van der Waals surface area contributed by atoms with Crippen LogP contribution in [0.4, 0.5) is 0 Å². The maximum atomic E-state index is 11.5. The lowest BCUT2D eigenvalue weighted by Crippen LogP contribution is -2.35. The summed E-state index contributed by atoms with van der Waals surface area (Å²) in [6.07, 6.45) is 3.82. The molecule has 0 spiro atoms. The number of amides is 1. The van der Waals surface area contributed by atoms with Gasteiger partial charge in [0, 0.05) is 12.5 Å². The summed E-state index contributed by atoms with van der Waals surface area (Å²) in [5, 5.41) is 7.66. The average molecular weight is 297 g/mol. The van der Waals surface area contributed by atoms with Crippen LogP contribution in [0.1, 0.15) is 50.1 Å². The molecule has 1 atom stereocenters. The molecule has 0 aliphatic heterocycles. The number of fused-ring (bicyclic) bond motifs is 1. The number of benzene rings is 1. The zero-order valence-electron chi connectivity index (χ0n) is 13.7. The molecule has 0 bridgehead atoms. The highest BCUT2D eigenvalue weighted by atomic mass is 16.1. The molecule has 4 nitrogen and oxygen atoms in total. The standard InChI is InChI=1S/C18H23N3O/c1-12-5-7-14(8-6-12)21-17-10-18(3,4)9-16(20-13(2)22)15(17)11-19-21/h5-8,11,16H,9-10H2,1-4H3,(H,20,22). The average Bonchev–Trinajstić information content (AvgIpc) is 2.81. The SMILES string of the molecule is CC(=O)NC1CC(C)(C)Cc2c1cnn2-c1ccc(C)cc1. The fraction of sp³-hybridized carbons (Fsp3) is 0.444. The Morgan fingerprint density at radius 1 is 1.32 bits per heavy atom. The van der Waals surface area contributed by atoms with E-state index in [2.05, 4.69) is 55.5 Å². The van der Waals surface area contributed by atoms with Gasteiger partial charge >= 0.3 is 0 Å². The number of hydrogen-bond acceptors (Lipinski definition) is 2. The fourth-order valence-electron chi connectivity index (χ4n) is 3.33. The van der Waals surface area contributed by atoms with E-state index in [-0.39, 0.29) is 17.4 Å². The molecule has 22 heavy (non-hydrogen) atoms. The molecular formula is C18H23N3O. The molecule has 1 heterocycles. The maximum absolute atomic E-state index is 11.5. The van der Waals surface area contributed by atoms with Crippen molar-refractivity contribution in [3.63, 3.8) is 0 Å². The van der Waals surface area contributed by atoms with Gasteiger partial charge < -0.3 is 5.32 Å². The summed E-state index contributed by atoms with van der Waals surface area (Å²) in [4.78, 5) is 11.5. The summed E-state index contributed by atoms with van der Waals surface area (Å²) in [6, 6.07) is 8.44. The first-order valence-corrected chi connectivity index (χ1v) is 7.77. The number of aromatic nitrogens is 2. The quantitative estimate of drug-likeness (QED) is 0.924. The molecule has 1 aromatic carbocycles. The first-order valence-electron chi connectivity index (χ1n) is 7.77. The van der Waals surface area contributed by atoms with Crippen molar-refractivity contribution in [3.05, 3.63) is 47.3 Å². The van der Waals surface area contributed by atoms with Gasteiger partial charge in [0.2, 0.25) is 5.91 Å². The number of aryl methyl sites for hydroxylation is 1. The molecule has 2 aromatic rings. The summed E-state index contributed by atoms with van der Waals surface area (Å²) in [5.74, 6) is 0.0109. The number of hydrogen-bond donors (Lipinski definition) is 1. The molecule has 1 aromatic heterocycles. The second-order valence-electron chi connectivity index (χ2n) is 7.09. The number of rotatable bonds is 2. The summed E-state index contributed by atoms with van der Waals surface area (Å²) in [6.45, 7) is 8.15. The van der Waals surface area contributed by atoms with Gasteiger partial charge in [-0.05, 0) is 37.3 Å². The van der Waals surface area contributed by atoms with Crippen LogP contribution in [0.2, 0.25) is 0 Å². The van der Waals surface area contributed by atoms with E-state index in [9.17, 15) is 4.79 Å². The Kier molecular flexibility index (Phi) is 3.55. The molecule has 4 heteroatoms. The second kappa shape index (κ2) is 5.27. The lowest BCUT2D eigenvalue weighted by Gasteiger charge is -2.35. The summed E-state index contributed by atoms with van der Waals surface area (Å²) >= 11 is 0. The molecule has 0 saturated heterocycles. The smallest absolute Gasteiger partial charge is 0.217 e. The van der Waals surface area contributed by atoms with Gasteiger partial charge in [-0.3, -0.25) is 4.79 Å². The van der Waals surface area contributed by atoms with Crippen LogP contribution < -0.4 is 5.32 Å². The van der Waals surface area contributed by atoms with Gasteiger partial charge in [-0.25, -0.2) is 4.68 Å². The Bertz CT molecular complexity index is 698. The van der Waals surface area contributed by atoms with Crippen molar-refractivity contribution < 1.29 is 4.79 Å². The van der Waals surface area contributed by atoms with Crippen molar-refractivity contribution >= 4 is 5.91 Å². The Morgan fingerprint density at radius 3 is 2.64 bits per heavy atom. The molecule has 0 radical (unpaired) electrons. The first-order chi connectivity index (χ1) is 10.4. The number of carbonyl (C=O) groups is 1. The van der Waals surface area contributed by atoms with Gasteiger partial charge in [0.25, 0.3) is 0 Å². The summed E-state index contributed by atoms with van der Waals surface area (Å²) in [7, 11) is 0. The summed E-state index contributed by atoms with van der Waals surface area (Å²) in [5.41, 5.74) is 4.81. The molecule has 3 rings (SSSR count). The summed E-state index contributed by atoms with van der Waals surface area (Å²) < 4.78 is 2.02. The van der Waals surface area contributed by atoms with E-state index >= 15 is 0 Å². The lowest BCUT2D eigenvalue weighted by atomic mass is 9.74. The van der Waals surface area contributed by atoms with E-state index in [0.717, 1.165) is 24.1 Å². The van der Waals surface area contributed by atoms with Crippen molar-refractivity contribution in [1.82, 2.24) is 15.1 Å². The van der Waals surface area contributed by atoms with Crippen molar-refractivity contribution in [1.29, 1.82) is 0 Å². The predicted molar refractivity (Wildman–Crippen MR) is 87.0 cm³/mol. The van der Waals surface area contributed by atoms with Crippen LogP contribution in [0.15, 0.2) is 30.5 Å². The Labute approximate surface area is 131 Å². The van der Waals surface area contributed by atoms with Crippen molar-refractivity contribution in [2.24, 2.45) is 5.41 Å².